The Hall–Kier alpha value is -0.610. The molecule has 0 spiro atoms. The fourth-order valence-corrected chi connectivity index (χ4v) is 2.24. The Balaban J connectivity index is 1.76. The summed E-state index contributed by atoms with van der Waals surface area (Å²) in [6.07, 6.45) is 2.55. The molecule has 3 rings (SSSR count). The molecule has 4 nitrogen and oxygen atoms in total. The molecule has 3 saturated heterocycles. The number of rotatable bonds is 4. The van der Waals surface area contributed by atoms with Crippen LogP contribution in [0.25, 0.3) is 0 Å². The highest BCUT2D eigenvalue weighted by Gasteiger charge is 2.31. The molecular weight excluding hydrogens is 190 g/mol. The number of likely N-dealkylation sites (N-methyl/N-ethyl adjacent to an activating group) is 1. The van der Waals surface area contributed by atoms with Gasteiger partial charge in [0.25, 0.3) is 0 Å². The van der Waals surface area contributed by atoms with Crippen LogP contribution in [0.1, 0.15) is 12.8 Å². The zero-order valence-electron chi connectivity index (χ0n) is 9.78. The van der Waals surface area contributed by atoms with Crippen molar-refractivity contribution in [1.29, 1.82) is 0 Å². The number of hydrogen-bond donors (Lipinski definition) is 0. The molecule has 0 aromatic rings. The van der Waals surface area contributed by atoms with Crippen molar-refractivity contribution in [3.05, 3.63) is 0 Å². The molecule has 0 radical (unpaired) electrons. The summed E-state index contributed by atoms with van der Waals surface area (Å²) in [4.78, 5) is 9.93. The molecule has 86 valence electrons. The average Bonchev–Trinajstić information content (AvgIpc) is 2.26. The van der Waals surface area contributed by atoms with Gasteiger partial charge in [-0.3, -0.25) is 4.90 Å². The summed E-state index contributed by atoms with van der Waals surface area (Å²) >= 11 is 0. The second kappa shape index (κ2) is 4.94. The third-order valence-electron chi connectivity index (χ3n) is 3.26. The van der Waals surface area contributed by atoms with Crippen molar-refractivity contribution in [2.45, 2.75) is 12.8 Å². The van der Waals surface area contributed by atoms with Gasteiger partial charge in [-0.05, 0) is 40.0 Å². The van der Waals surface area contributed by atoms with E-state index in [-0.39, 0.29) is 0 Å². The lowest BCUT2D eigenvalue weighted by molar-refractivity contribution is 0.115. The van der Waals surface area contributed by atoms with Crippen LogP contribution in [-0.4, -0.2) is 62.4 Å². The van der Waals surface area contributed by atoms with Gasteiger partial charge in [-0.15, -0.1) is 0 Å². The van der Waals surface area contributed by atoms with Crippen molar-refractivity contribution in [2.75, 3.05) is 46.9 Å². The van der Waals surface area contributed by atoms with Crippen molar-refractivity contribution >= 4 is 5.71 Å². The van der Waals surface area contributed by atoms with E-state index in [1.54, 1.807) is 0 Å². The summed E-state index contributed by atoms with van der Waals surface area (Å²) < 4.78 is 0. The maximum atomic E-state index is 5.36. The van der Waals surface area contributed by atoms with E-state index >= 15 is 0 Å². The van der Waals surface area contributed by atoms with E-state index in [0.29, 0.717) is 12.5 Å². The van der Waals surface area contributed by atoms with Gasteiger partial charge < -0.3 is 9.74 Å². The number of fused-ring (bicyclic) bond motifs is 3. The normalized spacial score (nSPS) is 32.6. The SMILES string of the molecule is CN(C)CCON=C1CN2CCC1CC2. The van der Waals surface area contributed by atoms with E-state index in [1.165, 1.54) is 31.6 Å². The third kappa shape index (κ3) is 2.92. The van der Waals surface area contributed by atoms with Crippen molar-refractivity contribution < 1.29 is 4.84 Å². The van der Waals surface area contributed by atoms with Gasteiger partial charge in [-0.25, -0.2) is 0 Å². The van der Waals surface area contributed by atoms with Gasteiger partial charge in [0.15, 0.2) is 0 Å². The number of hydrogen-bond acceptors (Lipinski definition) is 4. The zero-order valence-corrected chi connectivity index (χ0v) is 9.78. The minimum Gasteiger partial charge on any atom is -0.394 e. The first-order valence-corrected chi connectivity index (χ1v) is 5.81. The molecular formula is C11H21N3O. The Labute approximate surface area is 91.9 Å². The van der Waals surface area contributed by atoms with Gasteiger partial charge in [0.2, 0.25) is 0 Å². The van der Waals surface area contributed by atoms with E-state index in [0.717, 1.165) is 13.1 Å². The molecule has 3 fully saturated rings. The topological polar surface area (TPSA) is 28.1 Å². The molecule has 2 bridgehead atoms. The van der Waals surface area contributed by atoms with E-state index < -0.39 is 0 Å². The van der Waals surface area contributed by atoms with Crippen LogP contribution in [0.4, 0.5) is 0 Å². The predicted octanol–water partition coefficient (Wildman–Crippen LogP) is 0.646. The van der Waals surface area contributed by atoms with Crippen LogP contribution in [0.15, 0.2) is 5.16 Å². The van der Waals surface area contributed by atoms with Gasteiger partial charge in [-0.1, -0.05) is 5.16 Å². The molecule has 0 aromatic heterocycles. The standard InChI is InChI=1S/C11H21N3O/c1-13(2)7-8-15-12-11-9-14-5-3-10(11)4-6-14/h10H,3-9H2,1-2H3. The van der Waals surface area contributed by atoms with Crippen LogP contribution >= 0.6 is 0 Å². The molecule has 3 heterocycles. The largest absolute Gasteiger partial charge is 0.394 e. The summed E-state index contributed by atoms with van der Waals surface area (Å²) in [6.45, 7) is 5.17. The van der Waals surface area contributed by atoms with Gasteiger partial charge in [0.05, 0.1) is 5.71 Å². The fraction of sp³-hybridized carbons (Fsp3) is 0.909. The third-order valence-corrected chi connectivity index (χ3v) is 3.26. The highest BCUT2D eigenvalue weighted by atomic mass is 16.6. The van der Waals surface area contributed by atoms with Crippen LogP contribution in [-0.2, 0) is 4.84 Å². The molecule has 0 unspecified atom stereocenters. The quantitative estimate of drug-likeness (QED) is 0.505. The lowest BCUT2D eigenvalue weighted by Crippen LogP contribution is -2.48. The molecule has 0 saturated carbocycles. The van der Waals surface area contributed by atoms with Crippen LogP contribution in [0.2, 0.25) is 0 Å². The van der Waals surface area contributed by atoms with Crippen molar-refractivity contribution in [3.8, 4) is 0 Å². The van der Waals surface area contributed by atoms with Gasteiger partial charge >= 0.3 is 0 Å². The van der Waals surface area contributed by atoms with Gasteiger partial charge in [0.1, 0.15) is 6.61 Å². The molecule has 3 aliphatic heterocycles. The maximum absolute atomic E-state index is 5.36. The number of piperidine rings is 3. The highest BCUT2D eigenvalue weighted by Crippen LogP contribution is 2.25. The van der Waals surface area contributed by atoms with Crippen molar-refractivity contribution in [2.24, 2.45) is 11.1 Å². The molecule has 0 aromatic carbocycles. The van der Waals surface area contributed by atoms with Crippen LogP contribution in [0.5, 0.6) is 0 Å². The van der Waals surface area contributed by atoms with Gasteiger partial charge in [0, 0.05) is 19.0 Å². The molecule has 15 heavy (non-hydrogen) atoms. The van der Waals surface area contributed by atoms with Crippen molar-refractivity contribution in [3.63, 3.8) is 0 Å². The predicted molar refractivity (Wildman–Crippen MR) is 61.1 cm³/mol. The summed E-state index contributed by atoms with van der Waals surface area (Å²) in [5.41, 5.74) is 1.27. The first-order valence-electron chi connectivity index (χ1n) is 5.81. The summed E-state index contributed by atoms with van der Waals surface area (Å²) in [6, 6.07) is 0. The van der Waals surface area contributed by atoms with E-state index in [9.17, 15) is 0 Å². The number of nitrogens with zero attached hydrogens (tertiary/aromatic N) is 3. The summed E-state index contributed by atoms with van der Waals surface area (Å²) in [7, 11) is 4.09. The fourth-order valence-electron chi connectivity index (χ4n) is 2.24. The number of oxime groups is 1. The van der Waals surface area contributed by atoms with Crippen LogP contribution in [0, 0.1) is 5.92 Å². The molecule has 3 aliphatic rings. The summed E-state index contributed by atoms with van der Waals surface area (Å²) in [5.74, 6) is 0.703. The Morgan fingerprint density at radius 1 is 1.40 bits per heavy atom. The summed E-state index contributed by atoms with van der Waals surface area (Å²) in [5, 5.41) is 4.29. The zero-order chi connectivity index (χ0) is 10.7. The highest BCUT2D eigenvalue weighted by molar-refractivity contribution is 5.89. The Bertz CT molecular complexity index is 232. The monoisotopic (exact) mass is 211 g/mol. The van der Waals surface area contributed by atoms with E-state index in [2.05, 4.69) is 15.0 Å². The molecule has 0 aliphatic carbocycles. The second-order valence-electron chi connectivity index (χ2n) is 4.77. The Morgan fingerprint density at radius 3 is 2.67 bits per heavy atom. The van der Waals surface area contributed by atoms with Crippen LogP contribution in [0.3, 0.4) is 0 Å². The van der Waals surface area contributed by atoms with E-state index in [4.69, 9.17) is 4.84 Å². The second-order valence-corrected chi connectivity index (χ2v) is 4.77. The van der Waals surface area contributed by atoms with Crippen LogP contribution < -0.4 is 0 Å². The lowest BCUT2D eigenvalue weighted by atomic mass is 9.87. The molecule has 0 N–H and O–H groups in total. The molecule has 0 amide bonds. The maximum Gasteiger partial charge on any atom is 0.129 e. The average molecular weight is 211 g/mol. The lowest BCUT2D eigenvalue weighted by Gasteiger charge is -2.39. The van der Waals surface area contributed by atoms with E-state index in [1.807, 2.05) is 14.1 Å². The Kier molecular flexibility index (Phi) is 3.59. The first-order chi connectivity index (χ1) is 7.25. The smallest absolute Gasteiger partial charge is 0.129 e. The Morgan fingerprint density at radius 2 is 2.13 bits per heavy atom. The van der Waals surface area contributed by atoms with Crippen molar-refractivity contribution in [1.82, 2.24) is 9.80 Å². The minimum atomic E-state index is 0.698. The molecule has 0 atom stereocenters. The molecule has 4 heteroatoms. The van der Waals surface area contributed by atoms with Gasteiger partial charge in [-0.2, -0.15) is 0 Å². The first kappa shape index (κ1) is 10.9. The minimum absolute atomic E-state index is 0.698.